The summed E-state index contributed by atoms with van der Waals surface area (Å²) in [7, 11) is -4.03. The molecular weight excluding hydrogens is 924 g/mol. The summed E-state index contributed by atoms with van der Waals surface area (Å²) in [5.74, 6) is 0. The van der Waals surface area contributed by atoms with Crippen LogP contribution in [-0.4, -0.2) is 7.54 Å². The molecule has 0 N–H and O–H groups in total. The van der Waals surface area contributed by atoms with Crippen LogP contribution in [-0.2, 0) is 45.2 Å². The molecule has 0 saturated carbocycles. The molecule has 8 heteroatoms. The van der Waals surface area contributed by atoms with Crippen molar-refractivity contribution >= 4 is 50.6 Å². The van der Waals surface area contributed by atoms with Gasteiger partial charge in [-0.25, -0.2) is 0 Å². The Labute approximate surface area is 398 Å². The van der Waals surface area contributed by atoms with Crippen molar-refractivity contribution in [3.8, 4) is 0 Å². The van der Waals surface area contributed by atoms with Crippen LogP contribution in [0.3, 0.4) is 0 Å². The molecule has 0 atom stereocenters. The second kappa shape index (κ2) is 27.5. The van der Waals surface area contributed by atoms with Crippen molar-refractivity contribution in [2.24, 2.45) is 0 Å². The first-order valence-electron chi connectivity index (χ1n) is 22.0. The average molecular weight is 989 g/mol. The minimum atomic E-state index is -3.67. The summed E-state index contributed by atoms with van der Waals surface area (Å²) in [6.45, 7) is 17.6. The van der Waals surface area contributed by atoms with E-state index in [1.807, 2.05) is 0 Å². The van der Waals surface area contributed by atoms with E-state index >= 15 is 0 Å². The Kier molecular flexibility index (Phi) is 23.4. The molecule has 0 unspecified atom stereocenters. The van der Waals surface area contributed by atoms with E-state index in [1.165, 1.54) is 114 Å². The van der Waals surface area contributed by atoms with E-state index in [9.17, 15) is 12.9 Å². The number of rotatable bonds is 5. The zero-order valence-electron chi connectivity index (χ0n) is 38.8. The van der Waals surface area contributed by atoms with Crippen molar-refractivity contribution in [3.63, 3.8) is 0 Å². The van der Waals surface area contributed by atoms with E-state index in [1.54, 1.807) is 5.30 Å². The predicted octanol–water partition coefficient (Wildman–Crippen LogP) is 10.2. The fourth-order valence-corrected chi connectivity index (χ4v) is 13.3. The molecule has 0 aliphatic heterocycles. The molecule has 1 radical (unpaired) electrons. The SMILES string of the molecule is C1=C\CC/C=C\CC/1.Cc1cc(C)cc(Pc2cc(C)cc(C)c2)c1.Cc1cc(C)cc([PH+](c2cc(C)cc(C)c2)c2cc3ccc2CCc2c[c-]c(cc2)CC3)c1.FB(F)F.[F-].[Rh+2]. The van der Waals surface area contributed by atoms with Gasteiger partial charge in [0.05, 0.1) is 7.92 Å². The molecule has 64 heavy (non-hydrogen) atoms. The molecule has 0 nitrogen and oxygen atoms in total. The molecule has 0 heterocycles. The van der Waals surface area contributed by atoms with E-state index in [0.29, 0.717) is 0 Å². The molecular formula is C56H64BF4P2Rh+. The van der Waals surface area contributed by atoms with E-state index in [0.717, 1.165) is 34.3 Å². The third-order valence-corrected chi connectivity index (χ3v) is 14.7. The van der Waals surface area contributed by atoms with Gasteiger partial charge in [-0.15, -0.1) is 0 Å². The van der Waals surface area contributed by atoms with Crippen molar-refractivity contribution in [2.75, 3.05) is 0 Å². The molecule has 4 bridgehead atoms. The molecule has 0 aromatic heterocycles. The molecule has 0 fully saturated rings. The molecule has 5 aliphatic rings. The number of halogens is 4. The maximum Gasteiger partial charge on any atom is 2.00 e. The summed E-state index contributed by atoms with van der Waals surface area (Å²) >= 11 is 0. The van der Waals surface area contributed by atoms with Crippen LogP contribution < -0.4 is 31.2 Å². The third-order valence-electron chi connectivity index (χ3n) is 10.8. The van der Waals surface area contributed by atoms with Gasteiger partial charge in [0.2, 0.25) is 0 Å². The summed E-state index contributed by atoms with van der Waals surface area (Å²) in [4.78, 5) is 0. The van der Waals surface area contributed by atoms with Crippen LogP contribution in [0.4, 0.5) is 12.9 Å². The first-order valence-corrected chi connectivity index (χ1v) is 24.5. The van der Waals surface area contributed by atoms with Crippen molar-refractivity contribution in [1.82, 2.24) is 0 Å². The van der Waals surface area contributed by atoms with Crippen LogP contribution in [0.2, 0.25) is 0 Å². The maximum atomic E-state index is 9.67. The van der Waals surface area contributed by atoms with Crippen LogP contribution in [0, 0.1) is 61.5 Å². The summed E-state index contributed by atoms with van der Waals surface area (Å²) in [5.41, 5.74) is 16.5. The van der Waals surface area contributed by atoms with Crippen molar-refractivity contribution in [3.05, 3.63) is 206 Å². The Morgan fingerprint density at radius 1 is 0.469 bits per heavy atom. The molecule has 6 aromatic carbocycles. The molecule has 337 valence electrons. The van der Waals surface area contributed by atoms with E-state index in [4.69, 9.17) is 0 Å². The molecule has 5 aliphatic carbocycles. The van der Waals surface area contributed by atoms with Gasteiger partial charge in [-0.1, -0.05) is 122 Å². The van der Waals surface area contributed by atoms with Crippen LogP contribution in [0.15, 0.2) is 133 Å². The maximum absolute atomic E-state index is 9.67. The topological polar surface area (TPSA) is 0 Å². The molecule has 0 spiro atoms. The quantitative estimate of drug-likeness (QED) is 0.0531. The van der Waals surface area contributed by atoms with Crippen molar-refractivity contribution in [2.45, 2.75) is 107 Å². The van der Waals surface area contributed by atoms with Gasteiger partial charge in [0, 0.05) is 0 Å². The van der Waals surface area contributed by atoms with Gasteiger partial charge in [-0.3, -0.25) is 12.9 Å². The Hall–Kier alpha value is -3.93. The molecule has 0 saturated heterocycles. The summed E-state index contributed by atoms with van der Waals surface area (Å²) < 4.78 is 29.0. The van der Waals surface area contributed by atoms with Gasteiger partial charge in [0.15, 0.2) is 0 Å². The van der Waals surface area contributed by atoms with Gasteiger partial charge in [-0.05, 0) is 175 Å². The monoisotopic (exact) mass is 988 g/mol. The zero-order chi connectivity index (χ0) is 44.6. The van der Waals surface area contributed by atoms with E-state index in [-0.39, 0.29) is 24.2 Å². The minimum absolute atomic E-state index is 0. The van der Waals surface area contributed by atoms with Crippen LogP contribution in [0.25, 0.3) is 0 Å². The molecule has 11 rings (SSSR count). The molecule has 0 amide bonds. The Morgan fingerprint density at radius 3 is 1.23 bits per heavy atom. The molecule has 6 aromatic rings. The number of hydrogen-bond donors (Lipinski definition) is 0. The van der Waals surface area contributed by atoms with E-state index in [2.05, 4.69) is 195 Å². The Balaban J connectivity index is 0.000000292. The van der Waals surface area contributed by atoms with Crippen LogP contribution >= 0.6 is 16.5 Å². The van der Waals surface area contributed by atoms with Crippen LogP contribution in [0.1, 0.15) is 92.4 Å². The fourth-order valence-electron chi connectivity index (χ4n) is 8.42. The summed E-state index contributed by atoms with van der Waals surface area (Å²) in [6.07, 6.45) is 18.3. The minimum Gasteiger partial charge on any atom is -1.00 e. The van der Waals surface area contributed by atoms with Gasteiger partial charge in [-0.2, -0.15) is 35.4 Å². The second-order valence-corrected chi connectivity index (χ2v) is 20.9. The largest absolute Gasteiger partial charge is 2.00 e. The Bertz CT molecular complexity index is 2230. The van der Waals surface area contributed by atoms with Gasteiger partial charge < -0.3 is 4.70 Å². The second-order valence-electron chi connectivity index (χ2n) is 17.1. The predicted molar refractivity (Wildman–Crippen MR) is 271 cm³/mol. The summed E-state index contributed by atoms with van der Waals surface area (Å²) in [5, 5.41) is 7.46. The normalized spacial score (nSPS) is 13.6. The number of benzene rings is 6. The third kappa shape index (κ3) is 18.5. The first-order chi connectivity index (χ1) is 29.7. The van der Waals surface area contributed by atoms with Gasteiger partial charge in [0.1, 0.15) is 15.9 Å². The van der Waals surface area contributed by atoms with E-state index < -0.39 is 15.5 Å². The number of allylic oxidation sites excluding steroid dienone is 4. The number of hydrogen-bond acceptors (Lipinski definition) is 0. The van der Waals surface area contributed by atoms with Crippen LogP contribution in [0.5, 0.6) is 0 Å². The standard InChI is InChI=1S/C32H32P.C16H19P.C8H12.BF3.FH.Rh/c1-22-15-23(2)18-30(17-22)33(31-19-24(3)16-25(4)20-31)32-21-28-10-9-26-5-7-27(8-6-26)11-13-29(32)14-12-28;1-11-5-12(2)8-15(7-11)17-16-9-13(3)6-14(4)10-16;1-2-4-6-8-7-5-3-1;2-1(3)4;;/h5,7-8,12,14-21H,9-11,13H2,1-4H3;5-10,17H,1-4H3;1-2,7-8H,3-6H2;;1H;/q-1;;;;;+2/b;;2-1-,8-7-;;;. The van der Waals surface area contributed by atoms with Gasteiger partial charge >= 0.3 is 27.0 Å². The Morgan fingerprint density at radius 2 is 0.844 bits per heavy atom. The number of aryl methyl sites for hydroxylation is 12. The van der Waals surface area contributed by atoms with Gasteiger partial charge in [0.25, 0.3) is 0 Å². The van der Waals surface area contributed by atoms with Crippen molar-refractivity contribution < 1.29 is 37.1 Å². The van der Waals surface area contributed by atoms with Crippen molar-refractivity contribution in [1.29, 1.82) is 0 Å². The average Bonchev–Trinajstić information content (AvgIpc) is 3.15. The fraction of sp³-hybridized carbons (Fsp3) is 0.286. The zero-order valence-corrected chi connectivity index (χ0v) is 42.4. The first kappa shape index (κ1) is 54.4. The smallest absolute Gasteiger partial charge is 1.00 e. The summed E-state index contributed by atoms with van der Waals surface area (Å²) in [6, 6.07) is 45.6.